The zero-order valence-corrected chi connectivity index (χ0v) is 55.3. The molecule has 0 spiro atoms. The van der Waals surface area contributed by atoms with E-state index in [0.29, 0.717) is 17.1 Å². The molecule has 9 rings (SSSR count). The Hall–Kier alpha value is -8.46. The fourth-order valence-electron chi connectivity index (χ4n) is 12.6. The highest BCUT2D eigenvalue weighted by Crippen LogP contribution is 2.36. The van der Waals surface area contributed by atoms with E-state index < -0.39 is 234 Å². The maximum absolute atomic E-state index is 15.2. The quantitative estimate of drug-likeness (QED) is 0.0415. The number of hydrogen-bond acceptors (Lipinski definition) is 32. The summed E-state index contributed by atoms with van der Waals surface area (Å²) >= 11 is 0. The standard InChI is InChI=1S/C63H88N12O27/c1-4-96-35-17-29(14-15-34(35)95-3)97-52-37(23-78)101-61(51(89)47(52)85)102-53-38(24-79)100-60(50(88)48(53)86)98-28-12-10-26(11-13-28)16-30-55(91)73-41(43(81)31-18-67-62(64)71-31)58(94)74-42(44(82)33-19-68-63(65)75(33)59-49(87)46(84)45(83)36(22-77)99-59)57(93)70-32(21-76)54(90)66-20-39(80)72-40(56(92)69-30)25(2)27-8-6-5-7-9-27/h5-15,17,25,30-33,36-38,40-53,59-61,76-79,81-89H,4,16,18-24H2,1-3H3,(H11,64,65,66,67,68,69,70,71,72,73,74,80,90,91,92,93,94)/p+1/t25-,30-,31+,32?,33+,36+,37+,38-,40-,41+,42-,43-,44-,45+,46+,47-,48+,49+,50-,51+,52+,53+,59-,60-,61+/m1/s1. The number of carbonyl (C=O) groups excluding carboxylic acids is 6. The van der Waals surface area contributed by atoms with Gasteiger partial charge in [-0.1, -0.05) is 49.4 Å². The second kappa shape index (κ2) is 34.7. The van der Waals surface area contributed by atoms with E-state index in [1.165, 1.54) is 49.6 Å². The van der Waals surface area contributed by atoms with Gasteiger partial charge in [-0.15, -0.1) is 0 Å². The van der Waals surface area contributed by atoms with Crippen molar-refractivity contribution < 1.29 is 138 Å². The second-order valence-electron chi connectivity index (χ2n) is 25.0. The van der Waals surface area contributed by atoms with Gasteiger partial charge in [0.15, 0.2) is 29.9 Å². The van der Waals surface area contributed by atoms with E-state index in [-0.39, 0.29) is 42.1 Å². The Kier molecular flexibility index (Phi) is 26.4. The van der Waals surface area contributed by atoms with Crippen molar-refractivity contribution in [3.63, 3.8) is 0 Å². The van der Waals surface area contributed by atoms with Gasteiger partial charge in [-0.25, -0.2) is 9.57 Å². The lowest BCUT2D eigenvalue weighted by atomic mass is 9.92. The van der Waals surface area contributed by atoms with Crippen LogP contribution in [0.2, 0.25) is 0 Å². The third-order valence-corrected chi connectivity index (χ3v) is 18.2. The lowest BCUT2D eigenvalue weighted by molar-refractivity contribution is -0.663. The molecule has 1 unspecified atom stereocenters. The molecule has 0 bridgehead atoms. The maximum atomic E-state index is 15.2. The van der Waals surface area contributed by atoms with Gasteiger partial charge in [0.25, 0.3) is 0 Å². The summed E-state index contributed by atoms with van der Waals surface area (Å²) in [6.07, 6.45) is -31.3. The maximum Gasteiger partial charge on any atom is 0.346 e. The van der Waals surface area contributed by atoms with Crippen molar-refractivity contribution in [2.24, 2.45) is 16.5 Å². The molecule has 6 amide bonds. The first kappa shape index (κ1) is 77.7. The number of benzene rings is 3. The summed E-state index contributed by atoms with van der Waals surface area (Å²) in [7, 11) is 1.43. The summed E-state index contributed by atoms with van der Waals surface area (Å²) in [5.41, 5.74) is 12.9. The summed E-state index contributed by atoms with van der Waals surface area (Å²) in [6, 6.07) is 5.32. The first-order valence-corrected chi connectivity index (χ1v) is 32.7. The van der Waals surface area contributed by atoms with E-state index >= 15 is 9.59 Å². The minimum atomic E-state index is -2.34. The van der Waals surface area contributed by atoms with Crippen LogP contribution in [0.4, 0.5) is 0 Å². The minimum absolute atomic E-state index is 0.0757. The highest BCUT2D eigenvalue weighted by molar-refractivity contribution is 5.98. The smallest absolute Gasteiger partial charge is 0.346 e. The number of guanidine groups is 2. The first-order valence-electron chi connectivity index (χ1n) is 32.7. The van der Waals surface area contributed by atoms with Gasteiger partial charge in [0, 0.05) is 24.9 Å². The number of nitrogens with zero attached hydrogens (tertiary/aromatic N) is 2. The Morgan fingerprint density at radius 1 is 0.578 bits per heavy atom. The number of rotatable bonds is 22. The molecule has 4 fully saturated rings. The van der Waals surface area contributed by atoms with Crippen molar-refractivity contribution in [2.75, 3.05) is 59.8 Å². The van der Waals surface area contributed by atoms with Gasteiger partial charge in [0.1, 0.15) is 134 Å². The van der Waals surface area contributed by atoms with Crippen LogP contribution in [-0.2, 0) is 54.1 Å². The van der Waals surface area contributed by atoms with Crippen LogP contribution in [0.3, 0.4) is 0 Å². The topological polar surface area (TPSA) is 603 Å². The molecule has 4 saturated heterocycles. The molecular formula is C63H89N12O27+. The molecule has 25 N–H and O–H groups in total. The van der Waals surface area contributed by atoms with Gasteiger partial charge < -0.3 is 147 Å². The molecule has 39 nitrogen and oxygen atoms in total. The van der Waals surface area contributed by atoms with Crippen LogP contribution in [0.1, 0.15) is 30.9 Å². The van der Waals surface area contributed by atoms with Crippen molar-refractivity contribution >= 4 is 47.4 Å². The highest BCUT2D eigenvalue weighted by atomic mass is 16.7. The molecule has 3 aromatic carbocycles. The number of carbonyl (C=O) groups is 6. The fourth-order valence-corrected chi connectivity index (χ4v) is 12.6. The van der Waals surface area contributed by atoms with E-state index in [0.717, 1.165) is 4.58 Å². The Balaban J connectivity index is 0.980. The number of aliphatic hydroxyl groups excluding tert-OH is 13. The summed E-state index contributed by atoms with van der Waals surface area (Å²) in [4.78, 5) is 91.7. The summed E-state index contributed by atoms with van der Waals surface area (Å²) in [6.45, 7) is -1.73. The Morgan fingerprint density at radius 3 is 1.83 bits per heavy atom. The van der Waals surface area contributed by atoms with Crippen molar-refractivity contribution in [3.05, 3.63) is 83.9 Å². The first-order chi connectivity index (χ1) is 48.7. The third-order valence-electron chi connectivity index (χ3n) is 18.2. The number of ether oxygens (including phenoxy) is 8. The van der Waals surface area contributed by atoms with Gasteiger partial charge in [-0.2, -0.15) is 0 Å². The van der Waals surface area contributed by atoms with Gasteiger partial charge >= 0.3 is 5.96 Å². The molecule has 3 aromatic rings. The average Bonchev–Trinajstić information content (AvgIpc) is 1.43. The van der Waals surface area contributed by atoms with Crippen molar-refractivity contribution in [3.8, 4) is 23.0 Å². The molecule has 25 atom stereocenters. The Labute approximate surface area is 581 Å². The van der Waals surface area contributed by atoms with E-state index in [4.69, 9.17) is 49.4 Å². The number of nitrogens with two attached hydrogens (primary N) is 2. The number of aliphatic hydroxyl groups is 13. The number of hydrogen-bond donors (Lipinski definition) is 23. The van der Waals surface area contributed by atoms with E-state index in [2.05, 4.69) is 47.5 Å². The molecule has 39 heteroatoms. The minimum Gasteiger partial charge on any atom is -0.493 e. The zero-order valence-electron chi connectivity index (χ0n) is 55.3. The Morgan fingerprint density at radius 2 is 1.19 bits per heavy atom. The van der Waals surface area contributed by atoms with E-state index in [9.17, 15) is 85.6 Å². The molecular weight excluding hydrogens is 1360 g/mol. The molecule has 102 heavy (non-hydrogen) atoms. The molecule has 6 aliphatic heterocycles. The van der Waals surface area contributed by atoms with Crippen molar-refractivity contribution in [1.29, 1.82) is 0 Å². The van der Waals surface area contributed by atoms with Crippen LogP contribution >= 0.6 is 0 Å². The Bertz CT molecular complexity index is 3440. The van der Waals surface area contributed by atoms with Crippen LogP contribution in [0.5, 0.6) is 23.0 Å². The average molecular weight is 1450 g/mol. The molecule has 6 aliphatic rings. The van der Waals surface area contributed by atoms with Gasteiger partial charge in [0.2, 0.25) is 48.0 Å². The highest BCUT2D eigenvalue weighted by Gasteiger charge is 2.55. The van der Waals surface area contributed by atoms with Gasteiger partial charge in [-0.3, -0.25) is 39.8 Å². The van der Waals surface area contributed by atoms with Crippen LogP contribution in [0.15, 0.2) is 77.8 Å². The van der Waals surface area contributed by atoms with Crippen LogP contribution < -0.4 is 72.9 Å². The summed E-state index contributed by atoms with van der Waals surface area (Å²) < 4.78 is 47.1. The van der Waals surface area contributed by atoms with Crippen molar-refractivity contribution in [2.45, 2.75) is 173 Å². The number of amides is 6. The number of methoxy groups -OCH3 is 1. The molecule has 6 heterocycles. The van der Waals surface area contributed by atoms with Gasteiger partial charge in [0.05, 0.1) is 52.7 Å². The number of nitrogens with one attached hydrogen (secondary N) is 8. The molecule has 562 valence electrons. The predicted octanol–water partition coefficient (Wildman–Crippen LogP) is -11.8. The summed E-state index contributed by atoms with van der Waals surface area (Å²) in [5.74, 6) is -8.06. The van der Waals surface area contributed by atoms with Crippen LogP contribution in [0, 0.1) is 0 Å². The van der Waals surface area contributed by atoms with Crippen LogP contribution in [-0.4, -0.2) is 325 Å². The molecule has 0 aromatic heterocycles. The normalized spacial score (nSPS) is 34.6. The van der Waals surface area contributed by atoms with Crippen molar-refractivity contribution in [1.82, 2.24) is 42.5 Å². The van der Waals surface area contributed by atoms with Gasteiger partial charge in [-0.05, 0) is 42.3 Å². The largest absolute Gasteiger partial charge is 0.493 e. The number of aliphatic imine (C=N–C) groups is 1. The lowest BCUT2D eigenvalue weighted by Crippen LogP contribution is -2.68. The molecule has 0 radical (unpaired) electrons. The van der Waals surface area contributed by atoms with E-state index in [1.807, 2.05) is 0 Å². The molecule has 0 saturated carbocycles. The van der Waals surface area contributed by atoms with Crippen LogP contribution in [0.25, 0.3) is 0 Å². The fraction of sp³-hybridized carbons (Fsp3) is 0.587. The molecule has 0 aliphatic carbocycles. The monoisotopic (exact) mass is 1450 g/mol. The predicted molar refractivity (Wildman–Crippen MR) is 345 cm³/mol. The zero-order chi connectivity index (χ0) is 74.0. The van der Waals surface area contributed by atoms with E-state index in [1.54, 1.807) is 44.2 Å². The summed E-state index contributed by atoms with van der Waals surface area (Å²) in [5, 5.41) is 164. The second-order valence-corrected chi connectivity index (χ2v) is 25.0. The lowest BCUT2D eigenvalue weighted by Gasteiger charge is -2.46. The SMILES string of the molecule is CCOc1cc(O[C@@H]2[C@H](O)[C@H](O)[C@H](O[C@@H]3[C@@H](O)[C@@H](O)[C@H](Oc4ccc(C[C@H]5NC(=O)[C@@H]([C@H](C)c6ccccc6)NC(=O)CNC(=O)C(CO)NC(=O)[C@@H]([C@H](O)[C@@H]6CNC(N)=[N+]6[C@@H]6O[C@@H](CO)[C@H](O)[C@H](O)[C@@H]6O)NC(=O)[C@H]([C@H](O)[C@@H]6CNC(N)=N6)NC5=O)cc4)O[C@@H]3CO)O[C@H]2CO)ccc1OC. The third kappa shape index (κ3) is 17.6.